The van der Waals surface area contributed by atoms with Gasteiger partial charge in [-0.2, -0.15) is 10.2 Å². The van der Waals surface area contributed by atoms with Crippen molar-refractivity contribution in [3.05, 3.63) is 41.5 Å². The van der Waals surface area contributed by atoms with Gasteiger partial charge in [0.15, 0.2) is 5.82 Å². The Bertz CT molecular complexity index is 513. The minimum atomic E-state index is 0.439. The second-order valence-corrected chi connectivity index (χ2v) is 3.36. The minimum absolute atomic E-state index is 0.439. The van der Waals surface area contributed by atoms with E-state index in [9.17, 15) is 0 Å². The van der Waals surface area contributed by atoms with Crippen LogP contribution in [0.15, 0.2) is 29.1 Å². The first-order valence-electron chi connectivity index (χ1n) is 4.79. The van der Waals surface area contributed by atoms with Gasteiger partial charge in [0.1, 0.15) is 6.07 Å². The smallest absolute Gasteiger partial charge is 0.213 e. The Morgan fingerprint density at radius 3 is 3.06 bits per heavy atom. The van der Waals surface area contributed by atoms with E-state index in [1.165, 1.54) is 6.39 Å². The fourth-order valence-corrected chi connectivity index (χ4v) is 1.35. The van der Waals surface area contributed by atoms with E-state index in [4.69, 9.17) is 5.26 Å². The van der Waals surface area contributed by atoms with Crippen LogP contribution in [-0.2, 0) is 6.54 Å². The molecule has 0 saturated heterocycles. The van der Waals surface area contributed by atoms with Gasteiger partial charge >= 0.3 is 0 Å². The van der Waals surface area contributed by atoms with E-state index in [0.29, 0.717) is 17.9 Å². The first-order chi connectivity index (χ1) is 7.79. The lowest BCUT2D eigenvalue weighted by atomic mass is 10.1. The minimum Gasteiger partial charge on any atom is -0.377 e. The lowest BCUT2D eigenvalue weighted by Crippen LogP contribution is -2.03. The molecule has 0 bridgehead atoms. The van der Waals surface area contributed by atoms with Crippen LogP contribution in [0, 0.1) is 18.3 Å². The Morgan fingerprint density at radius 1 is 1.50 bits per heavy atom. The average molecular weight is 214 g/mol. The standard InChI is InChI=1S/C11H10N4O/c1-8-2-3-9(5-12)10(4-8)13-6-11-14-7-16-15-11/h2-4,7,13H,6H2,1H3. The van der Waals surface area contributed by atoms with Crippen molar-refractivity contribution in [1.29, 1.82) is 5.26 Å². The maximum atomic E-state index is 8.93. The van der Waals surface area contributed by atoms with Crippen molar-refractivity contribution >= 4 is 5.69 Å². The maximum Gasteiger partial charge on any atom is 0.213 e. The first kappa shape index (κ1) is 10.2. The number of rotatable bonds is 3. The third kappa shape index (κ3) is 2.17. The van der Waals surface area contributed by atoms with Gasteiger partial charge in [-0.05, 0) is 24.6 Å². The molecule has 5 heteroatoms. The van der Waals surface area contributed by atoms with Crippen molar-refractivity contribution in [3.63, 3.8) is 0 Å². The highest BCUT2D eigenvalue weighted by Crippen LogP contribution is 2.16. The summed E-state index contributed by atoms with van der Waals surface area (Å²) in [4.78, 5) is 3.89. The SMILES string of the molecule is Cc1ccc(C#N)c(NCc2ncon2)c1. The number of nitrogens with one attached hydrogen (secondary N) is 1. The Morgan fingerprint density at radius 2 is 2.38 bits per heavy atom. The van der Waals surface area contributed by atoms with E-state index < -0.39 is 0 Å². The van der Waals surface area contributed by atoms with E-state index in [-0.39, 0.29) is 0 Å². The third-order valence-electron chi connectivity index (χ3n) is 2.14. The Balaban J connectivity index is 2.15. The monoisotopic (exact) mass is 214 g/mol. The van der Waals surface area contributed by atoms with Gasteiger partial charge < -0.3 is 9.84 Å². The summed E-state index contributed by atoms with van der Waals surface area (Å²) in [5.74, 6) is 0.561. The zero-order chi connectivity index (χ0) is 11.4. The zero-order valence-corrected chi connectivity index (χ0v) is 8.77. The van der Waals surface area contributed by atoms with Crippen molar-refractivity contribution in [2.24, 2.45) is 0 Å². The van der Waals surface area contributed by atoms with Gasteiger partial charge in [0.25, 0.3) is 0 Å². The average Bonchev–Trinajstić information content (AvgIpc) is 2.79. The normalized spacial score (nSPS) is 9.75. The number of nitrogens with zero attached hydrogens (tertiary/aromatic N) is 3. The van der Waals surface area contributed by atoms with E-state index in [2.05, 4.69) is 26.0 Å². The van der Waals surface area contributed by atoms with Crippen LogP contribution in [0.3, 0.4) is 0 Å². The highest BCUT2D eigenvalue weighted by Gasteiger charge is 2.03. The molecule has 0 atom stereocenters. The molecule has 0 unspecified atom stereocenters. The van der Waals surface area contributed by atoms with Crippen LogP contribution < -0.4 is 5.32 Å². The summed E-state index contributed by atoms with van der Waals surface area (Å²) in [7, 11) is 0. The third-order valence-corrected chi connectivity index (χ3v) is 2.14. The van der Waals surface area contributed by atoms with Gasteiger partial charge in [-0.1, -0.05) is 11.2 Å². The van der Waals surface area contributed by atoms with E-state index in [1.54, 1.807) is 6.07 Å². The van der Waals surface area contributed by atoms with E-state index in [1.807, 2.05) is 19.1 Å². The molecule has 1 aromatic heterocycles. The topological polar surface area (TPSA) is 74.7 Å². The van der Waals surface area contributed by atoms with Crippen LogP contribution in [0.2, 0.25) is 0 Å². The number of nitriles is 1. The summed E-state index contributed by atoms with van der Waals surface area (Å²) in [5.41, 5.74) is 2.48. The van der Waals surface area contributed by atoms with Crippen molar-refractivity contribution in [1.82, 2.24) is 10.1 Å². The van der Waals surface area contributed by atoms with Crippen LogP contribution in [0.4, 0.5) is 5.69 Å². The Labute approximate surface area is 92.7 Å². The van der Waals surface area contributed by atoms with Crippen molar-refractivity contribution < 1.29 is 4.52 Å². The molecule has 1 heterocycles. The van der Waals surface area contributed by atoms with Crippen LogP contribution in [-0.4, -0.2) is 10.1 Å². The number of hydrogen-bond donors (Lipinski definition) is 1. The van der Waals surface area contributed by atoms with Crippen LogP contribution in [0.5, 0.6) is 0 Å². The number of anilines is 1. The molecule has 16 heavy (non-hydrogen) atoms. The largest absolute Gasteiger partial charge is 0.377 e. The van der Waals surface area contributed by atoms with E-state index >= 15 is 0 Å². The van der Waals surface area contributed by atoms with E-state index in [0.717, 1.165) is 11.3 Å². The highest BCUT2D eigenvalue weighted by atomic mass is 16.5. The van der Waals surface area contributed by atoms with Gasteiger partial charge in [-0.3, -0.25) is 0 Å². The predicted octanol–water partition coefficient (Wildman–Crippen LogP) is 1.86. The summed E-state index contributed by atoms with van der Waals surface area (Å²) in [5, 5.41) is 15.7. The van der Waals surface area contributed by atoms with Gasteiger partial charge in [0.2, 0.25) is 6.39 Å². The molecule has 0 radical (unpaired) electrons. The molecule has 0 saturated carbocycles. The summed E-state index contributed by atoms with van der Waals surface area (Å²) in [6.45, 7) is 2.41. The maximum absolute atomic E-state index is 8.93. The molecule has 0 aliphatic heterocycles. The molecule has 2 aromatic rings. The molecule has 0 aliphatic carbocycles. The van der Waals surface area contributed by atoms with Gasteiger partial charge in [-0.15, -0.1) is 0 Å². The predicted molar refractivity (Wildman–Crippen MR) is 57.5 cm³/mol. The Kier molecular flexibility index (Phi) is 2.83. The van der Waals surface area contributed by atoms with Crippen LogP contribution in [0.1, 0.15) is 17.0 Å². The van der Waals surface area contributed by atoms with Crippen LogP contribution in [0.25, 0.3) is 0 Å². The number of aromatic nitrogens is 2. The molecule has 80 valence electrons. The first-order valence-corrected chi connectivity index (χ1v) is 4.79. The molecular formula is C11H10N4O. The summed E-state index contributed by atoms with van der Waals surface area (Å²) < 4.78 is 4.62. The van der Waals surface area contributed by atoms with Crippen LogP contribution >= 0.6 is 0 Å². The molecule has 0 aliphatic rings. The van der Waals surface area contributed by atoms with Gasteiger partial charge in [0, 0.05) is 0 Å². The Hall–Kier alpha value is -2.35. The fourth-order valence-electron chi connectivity index (χ4n) is 1.35. The second-order valence-electron chi connectivity index (χ2n) is 3.36. The van der Waals surface area contributed by atoms with Gasteiger partial charge in [0.05, 0.1) is 17.8 Å². The van der Waals surface area contributed by atoms with Crippen molar-refractivity contribution in [2.75, 3.05) is 5.32 Å². The lowest BCUT2D eigenvalue weighted by molar-refractivity contribution is 0.411. The summed E-state index contributed by atoms with van der Waals surface area (Å²) in [6, 6.07) is 7.73. The van der Waals surface area contributed by atoms with Gasteiger partial charge in [-0.25, -0.2) is 0 Å². The lowest BCUT2D eigenvalue weighted by Gasteiger charge is -2.06. The highest BCUT2D eigenvalue weighted by molar-refractivity contribution is 5.58. The molecule has 1 aromatic carbocycles. The molecule has 5 nitrogen and oxygen atoms in total. The number of hydrogen-bond acceptors (Lipinski definition) is 5. The summed E-state index contributed by atoms with van der Waals surface area (Å²) >= 11 is 0. The fraction of sp³-hybridized carbons (Fsp3) is 0.182. The summed E-state index contributed by atoms with van der Waals surface area (Å²) in [6.07, 6.45) is 1.28. The second kappa shape index (κ2) is 4.45. The van der Waals surface area contributed by atoms with Crippen molar-refractivity contribution in [3.8, 4) is 6.07 Å². The molecule has 0 amide bonds. The molecule has 2 rings (SSSR count). The quantitative estimate of drug-likeness (QED) is 0.844. The zero-order valence-electron chi connectivity index (χ0n) is 8.77. The molecule has 0 fully saturated rings. The number of benzene rings is 1. The molecular weight excluding hydrogens is 204 g/mol. The van der Waals surface area contributed by atoms with Crippen molar-refractivity contribution in [2.45, 2.75) is 13.5 Å². The molecule has 1 N–H and O–H groups in total. The number of aryl methyl sites for hydroxylation is 1. The molecule has 0 spiro atoms.